The van der Waals surface area contributed by atoms with E-state index in [-0.39, 0.29) is 28.5 Å². The number of carbonyl (C=O) groups excluding carboxylic acids is 4. The second-order valence-electron chi connectivity index (χ2n) is 5.36. The number of amides is 3. The first kappa shape index (κ1) is 20.5. The number of benzene rings is 1. The lowest BCUT2D eigenvalue weighted by Crippen LogP contribution is -2.32. The van der Waals surface area contributed by atoms with Crippen molar-refractivity contribution >= 4 is 29.4 Å². The molecule has 10 heteroatoms. The van der Waals surface area contributed by atoms with Gasteiger partial charge >= 0.3 is 5.97 Å². The average molecular weight is 390 g/mol. The Kier molecular flexibility index (Phi) is 6.74. The van der Waals surface area contributed by atoms with Gasteiger partial charge in [0.1, 0.15) is 0 Å². The van der Waals surface area contributed by atoms with Crippen LogP contribution in [0.15, 0.2) is 34.9 Å². The van der Waals surface area contributed by atoms with Crippen molar-refractivity contribution in [2.24, 2.45) is 0 Å². The molecule has 0 unspecified atom stereocenters. The average Bonchev–Trinajstić information content (AvgIpc) is 3.20. The number of carbonyl (C=O) groups is 4. The highest BCUT2D eigenvalue weighted by Gasteiger charge is 2.22. The minimum absolute atomic E-state index is 0.0231. The van der Waals surface area contributed by atoms with Gasteiger partial charge in [-0.15, -0.1) is 0 Å². The van der Waals surface area contributed by atoms with Crippen molar-refractivity contribution in [2.45, 2.75) is 6.92 Å². The second-order valence-corrected chi connectivity index (χ2v) is 5.36. The lowest BCUT2D eigenvalue weighted by Gasteiger charge is -2.15. The molecule has 0 saturated heterocycles. The summed E-state index contributed by atoms with van der Waals surface area (Å²) in [4.78, 5) is 47.0. The molecule has 0 bridgehead atoms. The highest BCUT2D eigenvalue weighted by Crippen LogP contribution is 2.34. The minimum atomic E-state index is -0.922. The first-order valence-electron chi connectivity index (χ1n) is 7.94. The van der Waals surface area contributed by atoms with Crippen LogP contribution in [0.1, 0.15) is 27.8 Å². The summed E-state index contributed by atoms with van der Waals surface area (Å²) in [6.07, 6.45) is 1.33. The Morgan fingerprint density at radius 3 is 2.32 bits per heavy atom. The van der Waals surface area contributed by atoms with Crippen molar-refractivity contribution in [1.29, 1.82) is 0 Å². The molecular weight excluding hydrogens is 372 g/mol. The molecule has 2 aromatic rings. The molecule has 0 radical (unpaired) electrons. The van der Waals surface area contributed by atoms with Crippen molar-refractivity contribution in [3.63, 3.8) is 0 Å². The first-order valence-corrected chi connectivity index (χ1v) is 7.94. The molecule has 2 rings (SSSR count). The zero-order valence-electron chi connectivity index (χ0n) is 15.4. The number of anilines is 1. The standard InChI is InChI=1S/C18H18N2O8/c1-10(21)19-16(22)9-28-18(24)11-7-14(25-2)15(26-3)8-12(11)20-17(23)13-5-4-6-27-13/h4-8H,9H2,1-3H3,(H,20,23)(H,19,21,22). The molecular formula is C18H18N2O8. The Morgan fingerprint density at radius 1 is 1.07 bits per heavy atom. The predicted octanol–water partition coefficient (Wildman–Crippen LogP) is 1.37. The van der Waals surface area contributed by atoms with E-state index in [2.05, 4.69) is 5.32 Å². The number of imide groups is 1. The van der Waals surface area contributed by atoms with Crippen molar-refractivity contribution in [2.75, 3.05) is 26.1 Å². The molecule has 28 heavy (non-hydrogen) atoms. The Morgan fingerprint density at radius 2 is 1.75 bits per heavy atom. The van der Waals surface area contributed by atoms with E-state index in [0.717, 1.165) is 6.92 Å². The largest absolute Gasteiger partial charge is 0.493 e. The van der Waals surface area contributed by atoms with Crippen LogP contribution in [0.3, 0.4) is 0 Å². The summed E-state index contributed by atoms with van der Waals surface area (Å²) in [7, 11) is 2.76. The molecule has 0 spiro atoms. The highest BCUT2D eigenvalue weighted by molar-refractivity contribution is 6.07. The Balaban J connectivity index is 2.29. The van der Waals surface area contributed by atoms with Crippen molar-refractivity contribution in [3.8, 4) is 11.5 Å². The molecule has 10 nitrogen and oxygen atoms in total. The van der Waals surface area contributed by atoms with Gasteiger partial charge in [-0.25, -0.2) is 4.79 Å². The number of furan rings is 1. The van der Waals surface area contributed by atoms with E-state index >= 15 is 0 Å². The lowest BCUT2D eigenvalue weighted by atomic mass is 10.1. The van der Waals surface area contributed by atoms with Gasteiger partial charge in [0, 0.05) is 19.1 Å². The number of hydrogen-bond donors (Lipinski definition) is 2. The number of rotatable bonds is 7. The number of esters is 1. The van der Waals surface area contributed by atoms with E-state index in [4.69, 9.17) is 18.6 Å². The SMILES string of the molecule is COc1cc(NC(=O)c2ccco2)c(C(=O)OCC(=O)NC(C)=O)cc1OC. The maximum absolute atomic E-state index is 12.4. The van der Waals surface area contributed by atoms with Crippen molar-refractivity contribution < 1.29 is 37.8 Å². The van der Waals surface area contributed by atoms with Crippen molar-refractivity contribution in [1.82, 2.24) is 5.32 Å². The molecule has 0 aliphatic carbocycles. The molecule has 0 aliphatic heterocycles. The Bertz CT molecular complexity index is 889. The third-order valence-electron chi connectivity index (χ3n) is 3.39. The van der Waals surface area contributed by atoms with Crippen LogP contribution in [-0.2, 0) is 14.3 Å². The smallest absolute Gasteiger partial charge is 0.340 e. The summed E-state index contributed by atoms with van der Waals surface area (Å²) >= 11 is 0. The lowest BCUT2D eigenvalue weighted by molar-refractivity contribution is -0.131. The normalized spacial score (nSPS) is 9.96. The maximum atomic E-state index is 12.4. The fourth-order valence-electron chi connectivity index (χ4n) is 2.18. The maximum Gasteiger partial charge on any atom is 0.340 e. The number of nitrogens with one attached hydrogen (secondary N) is 2. The third-order valence-corrected chi connectivity index (χ3v) is 3.39. The van der Waals surface area contributed by atoms with Crippen LogP contribution < -0.4 is 20.1 Å². The fourth-order valence-corrected chi connectivity index (χ4v) is 2.18. The fraction of sp³-hybridized carbons (Fsp3) is 0.222. The summed E-state index contributed by atoms with van der Waals surface area (Å²) in [5.74, 6) is -2.42. The van der Waals surface area contributed by atoms with Gasteiger partial charge in [0.2, 0.25) is 5.91 Å². The van der Waals surface area contributed by atoms with Crippen LogP contribution in [0.25, 0.3) is 0 Å². The summed E-state index contributed by atoms with van der Waals surface area (Å²) in [6, 6.07) is 5.64. The summed E-state index contributed by atoms with van der Waals surface area (Å²) < 4.78 is 20.2. The zero-order valence-corrected chi connectivity index (χ0v) is 15.4. The van der Waals surface area contributed by atoms with Gasteiger partial charge in [0.25, 0.3) is 11.8 Å². The van der Waals surface area contributed by atoms with Gasteiger partial charge in [-0.05, 0) is 12.1 Å². The topological polar surface area (TPSA) is 133 Å². The van der Waals surface area contributed by atoms with Crippen LogP contribution in [0, 0.1) is 0 Å². The Labute approximate surface area is 159 Å². The van der Waals surface area contributed by atoms with Crippen LogP contribution >= 0.6 is 0 Å². The van der Waals surface area contributed by atoms with Crippen LogP contribution in [-0.4, -0.2) is 44.5 Å². The third kappa shape index (κ3) is 5.10. The van der Waals surface area contributed by atoms with E-state index in [1.807, 2.05) is 5.32 Å². The van der Waals surface area contributed by atoms with Gasteiger partial charge in [0.05, 0.1) is 31.7 Å². The van der Waals surface area contributed by atoms with Crippen molar-refractivity contribution in [3.05, 3.63) is 41.9 Å². The molecule has 3 amide bonds. The molecule has 0 aliphatic rings. The van der Waals surface area contributed by atoms with E-state index in [9.17, 15) is 19.2 Å². The molecule has 0 saturated carbocycles. The Hall–Kier alpha value is -3.82. The van der Waals surface area contributed by atoms with Crippen LogP contribution in [0.5, 0.6) is 11.5 Å². The minimum Gasteiger partial charge on any atom is -0.493 e. The quantitative estimate of drug-likeness (QED) is 0.677. The van der Waals surface area contributed by atoms with E-state index in [1.54, 1.807) is 0 Å². The summed E-state index contributed by atoms with van der Waals surface area (Å²) in [6.45, 7) is 0.467. The number of hydrogen-bond acceptors (Lipinski definition) is 8. The zero-order chi connectivity index (χ0) is 20.7. The van der Waals surface area contributed by atoms with Gasteiger partial charge in [-0.2, -0.15) is 0 Å². The second kappa shape index (κ2) is 9.21. The predicted molar refractivity (Wildman–Crippen MR) is 95.3 cm³/mol. The van der Waals surface area contributed by atoms with Crippen LogP contribution in [0.4, 0.5) is 5.69 Å². The molecule has 1 heterocycles. The highest BCUT2D eigenvalue weighted by atomic mass is 16.5. The molecule has 1 aromatic heterocycles. The summed E-state index contributed by atoms with van der Waals surface area (Å²) in [5, 5.41) is 4.49. The molecule has 148 valence electrons. The molecule has 0 fully saturated rings. The number of ether oxygens (including phenoxy) is 3. The summed E-state index contributed by atoms with van der Waals surface area (Å²) in [5.41, 5.74) is -0.0378. The monoisotopic (exact) mass is 390 g/mol. The first-order chi connectivity index (χ1) is 13.3. The van der Waals surface area contributed by atoms with Gasteiger partial charge < -0.3 is 23.9 Å². The molecule has 0 atom stereocenters. The van der Waals surface area contributed by atoms with E-state index in [0.29, 0.717) is 0 Å². The van der Waals surface area contributed by atoms with Crippen LogP contribution in [0.2, 0.25) is 0 Å². The number of methoxy groups -OCH3 is 2. The van der Waals surface area contributed by atoms with Gasteiger partial charge in [-0.3, -0.25) is 19.7 Å². The molecule has 1 aromatic carbocycles. The van der Waals surface area contributed by atoms with E-state index < -0.39 is 30.3 Å². The van der Waals surface area contributed by atoms with Gasteiger partial charge in [-0.1, -0.05) is 0 Å². The van der Waals surface area contributed by atoms with Gasteiger partial charge in [0.15, 0.2) is 23.9 Å². The van der Waals surface area contributed by atoms with E-state index in [1.165, 1.54) is 44.7 Å². The molecule has 2 N–H and O–H groups in total.